The number of carbonyl (C=O) groups is 2. The summed E-state index contributed by atoms with van der Waals surface area (Å²) < 4.78 is 39.5. The molecule has 38 heavy (non-hydrogen) atoms. The van der Waals surface area contributed by atoms with Gasteiger partial charge < -0.3 is 24.6 Å². The van der Waals surface area contributed by atoms with E-state index in [9.17, 15) is 23.1 Å². The number of benzene rings is 1. The van der Waals surface area contributed by atoms with Crippen molar-refractivity contribution in [2.24, 2.45) is 11.8 Å². The van der Waals surface area contributed by atoms with Crippen LogP contribution >= 0.6 is 0 Å². The third-order valence-corrected chi connectivity index (χ3v) is 9.27. The number of hydrogen-bond donors (Lipinski definition) is 2. The second-order valence-corrected chi connectivity index (χ2v) is 12.4. The Morgan fingerprint density at radius 3 is 2.63 bits per heavy atom. The van der Waals surface area contributed by atoms with E-state index in [-0.39, 0.29) is 66.1 Å². The summed E-state index contributed by atoms with van der Waals surface area (Å²) in [6.45, 7) is 6.84. The fourth-order valence-electron chi connectivity index (χ4n) is 4.67. The van der Waals surface area contributed by atoms with Gasteiger partial charge in [-0.2, -0.15) is 4.31 Å². The van der Waals surface area contributed by atoms with Crippen LogP contribution in [-0.2, 0) is 26.0 Å². The molecule has 3 atom stereocenters. The lowest BCUT2D eigenvalue weighted by Gasteiger charge is -2.33. The summed E-state index contributed by atoms with van der Waals surface area (Å²) >= 11 is 0. The van der Waals surface area contributed by atoms with Crippen LogP contribution in [0.4, 0.5) is 5.69 Å². The summed E-state index contributed by atoms with van der Waals surface area (Å²) in [5, 5.41) is 16.5. The number of fused-ring (bicyclic) bond motifs is 1. The number of sulfonamides is 1. The van der Waals surface area contributed by atoms with Crippen molar-refractivity contribution in [1.82, 2.24) is 14.4 Å². The number of ether oxygens (including phenoxy) is 1. The summed E-state index contributed by atoms with van der Waals surface area (Å²) in [6.07, 6.45) is 1.13. The standard InChI is InChI=1S/C26H36N4O7S/c1-15-12-30(16(2)14-31)24(32)11-20-10-21(27-26(33)19-6-7-19)8-9-22(20)36-23(15)13-29(5)38(34,35)25-17(3)28-37-18(25)4/h8-10,15-16,19,23,31H,6-7,11-14H2,1-5H3,(H,27,33)/t15-,16-,23+/m0/s1. The van der Waals surface area contributed by atoms with E-state index in [2.05, 4.69) is 10.5 Å². The maximum absolute atomic E-state index is 13.4. The number of likely N-dealkylation sites (N-methyl/N-ethyl adjacent to an activating group) is 1. The third-order valence-electron chi connectivity index (χ3n) is 7.21. The number of aromatic nitrogens is 1. The Morgan fingerprint density at radius 1 is 1.32 bits per heavy atom. The molecule has 4 rings (SSSR count). The Morgan fingerprint density at radius 2 is 2.03 bits per heavy atom. The van der Waals surface area contributed by atoms with Gasteiger partial charge in [0.15, 0.2) is 5.76 Å². The highest BCUT2D eigenvalue weighted by atomic mass is 32.2. The minimum atomic E-state index is -3.93. The van der Waals surface area contributed by atoms with Crippen LogP contribution in [0.25, 0.3) is 0 Å². The van der Waals surface area contributed by atoms with Crippen molar-refractivity contribution < 1.29 is 32.4 Å². The van der Waals surface area contributed by atoms with Gasteiger partial charge >= 0.3 is 0 Å². The normalized spacial score (nSPS) is 21.2. The van der Waals surface area contributed by atoms with Crippen molar-refractivity contribution in [3.63, 3.8) is 0 Å². The molecule has 2 aromatic rings. The maximum Gasteiger partial charge on any atom is 0.248 e. The van der Waals surface area contributed by atoms with Gasteiger partial charge in [-0.3, -0.25) is 9.59 Å². The number of anilines is 1. The third kappa shape index (κ3) is 5.87. The number of aliphatic hydroxyl groups excluding tert-OH is 1. The molecule has 2 amide bonds. The predicted octanol–water partition coefficient (Wildman–Crippen LogP) is 2.11. The number of nitrogens with one attached hydrogen (secondary N) is 1. The Hall–Kier alpha value is -2.96. The van der Waals surface area contributed by atoms with Gasteiger partial charge in [0.05, 0.1) is 25.6 Å². The molecule has 208 valence electrons. The first-order valence-electron chi connectivity index (χ1n) is 12.8. The van der Waals surface area contributed by atoms with Crippen molar-refractivity contribution >= 4 is 27.5 Å². The molecule has 0 spiro atoms. The zero-order chi connectivity index (χ0) is 27.8. The number of aryl methyl sites for hydroxylation is 2. The quantitative estimate of drug-likeness (QED) is 0.511. The average molecular weight is 549 g/mol. The van der Waals surface area contributed by atoms with E-state index in [0.717, 1.165) is 12.8 Å². The summed E-state index contributed by atoms with van der Waals surface area (Å²) in [6, 6.07) is 4.72. The van der Waals surface area contributed by atoms with Crippen LogP contribution in [-0.4, -0.2) is 78.6 Å². The number of carbonyl (C=O) groups excluding carboxylic acids is 2. The van der Waals surface area contributed by atoms with Gasteiger partial charge in [0.25, 0.3) is 0 Å². The van der Waals surface area contributed by atoms with Crippen LogP contribution < -0.4 is 10.1 Å². The van der Waals surface area contributed by atoms with Crippen LogP contribution in [0.5, 0.6) is 5.75 Å². The Kier molecular flexibility index (Phi) is 8.15. The molecule has 0 saturated heterocycles. The molecule has 0 bridgehead atoms. The molecular weight excluding hydrogens is 512 g/mol. The number of nitrogens with zero attached hydrogens (tertiary/aromatic N) is 3. The Labute approximate surface area is 223 Å². The van der Waals surface area contributed by atoms with Crippen LogP contribution in [0.2, 0.25) is 0 Å². The van der Waals surface area contributed by atoms with Crippen molar-refractivity contribution in [3.8, 4) is 5.75 Å². The average Bonchev–Trinajstić information content (AvgIpc) is 3.65. The highest BCUT2D eigenvalue weighted by molar-refractivity contribution is 7.89. The molecule has 1 aromatic carbocycles. The van der Waals surface area contributed by atoms with Gasteiger partial charge in [0, 0.05) is 36.7 Å². The Balaban J connectivity index is 1.66. The van der Waals surface area contributed by atoms with E-state index in [0.29, 0.717) is 17.0 Å². The first kappa shape index (κ1) is 28.1. The highest BCUT2D eigenvalue weighted by Crippen LogP contribution is 2.33. The molecule has 0 radical (unpaired) electrons. The smallest absolute Gasteiger partial charge is 0.248 e. The lowest BCUT2D eigenvalue weighted by Crippen LogP contribution is -2.48. The van der Waals surface area contributed by atoms with E-state index in [1.165, 1.54) is 11.4 Å². The molecule has 1 aromatic heterocycles. The number of aliphatic hydroxyl groups is 1. The van der Waals surface area contributed by atoms with E-state index >= 15 is 0 Å². The highest BCUT2D eigenvalue weighted by Gasteiger charge is 2.35. The minimum Gasteiger partial charge on any atom is -0.488 e. The number of amides is 2. The SMILES string of the molecule is Cc1noc(C)c1S(=O)(=O)N(C)C[C@H]1Oc2ccc(NC(=O)C3CC3)cc2CC(=O)N([C@@H](C)CO)C[C@@H]1C. The van der Waals surface area contributed by atoms with Crippen LogP contribution in [0.3, 0.4) is 0 Å². The van der Waals surface area contributed by atoms with Gasteiger partial charge in [-0.25, -0.2) is 8.42 Å². The second-order valence-electron chi connectivity index (χ2n) is 10.4. The lowest BCUT2D eigenvalue weighted by molar-refractivity contribution is -0.134. The van der Waals surface area contributed by atoms with Gasteiger partial charge in [-0.1, -0.05) is 12.1 Å². The lowest BCUT2D eigenvalue weighted by atomic mass is 10.0. The molecular formula is C26H36N4O7S. The fourth-order valence-corrected chi connectivity index (χ4v) is 6.13. The molecule has 2 N–H and O–H groups in total. The van der Waals surface area contributed by atoms with Crippen molar-refractivity contribution in [2.75, 3.05) is 32.1 Å². The number of rotatable bonds is 8. The summed E-state index contributed by atoms with van der Waals surface area (Å²) in [5.41, 5.74) is 1.42. The van der Waals surface area contributed by atoms with E-state index in [1.54, 1.807) is 43.9 Å². The molecule has 2 aliphatic rings. The van der Waals surface area contributed by atoms with Crippen LogP contribution in [0, 0.1) is 25.7 Å². The molecule has 1 fully saturated rings. The zero-order valence-corrected chi connectivity index (χ0v) is 23.2. The maximum atomic E-state index is 13.4. The summed E-state index contributed by atoms with van der Waals surface area (Å²) in [5.74, 6) is 0.160. The van der Waals surface area contributed by atoms with E-state index in [4.69, 9.17) is 9.26 Å². The minimum absolute atomic E-state index is 0.00268. The molecule has 1 aliphatic carbocycles. The van der Waals surface area contributed by atoms with Gasteiger partial charge in [-0.15, -0.1) is 0 Å². The largest absolute Gasteiger partial charge is 0.488 e. The van der Waals surface area contributed by atoms with Crippen molar-refractivity contribution in [2.45, 2.75) is 64.0 Å². The molecule has 2 heterocycles. The zero-order valence-electron chi connectivity index (χ0n) is 22.4. The first-order chi connectivity index (χ1) is 17.9. The number of hydrogen-bond acceptors (Lipinski definition) is 8. The molecule has 1 aliphatic heterocycles. The molecule has 0 unspecified atom stereocenters. The molecule has 12 heteroatoms. The predicted molar refractivity (Wildman–Crippen MR) is 139 cm³/mol. The van der Waals surface area contributed by atoms with Crippen molar-refractivity contribution in [3.05, 3.63) is 35.2 Å². The topological polar surface area (TPSA) is 142 Å². The van der Waals surface area contributed by atoms with Crippen LogP contribution in [0.1, 0.15) is 43.7 Å². The van der Waals surface area contributed by atoms with E-state index in [1.807, 2.05) is 6.92 Å². The van der Waals surface area contributed by atoms with Gasteiger partial charge in [0.1, 0.15) is 22.4 Å². The van der Waals surface area contributed by atoms with Gasteiger partial charge in [-0.05, 0) is 51.8 Å². The second kappa shape index (κ2) is 11.0. The Bertz CT molecular complexity index is 1290. The summed E-state index contributed by atoms with van der Waals surface area (Å²) in [7, 11) is -2.45. The van der Waals surface area contributed by atoms with Crippen molar-refractivity contribution in [1.29, 1.82) is 0 Å². The summed E-state index contributed by atoms with van der Waals surface area (Å²) in [4.78, 5) is 27.3. The van der Waals surface area contributed by atoms with E-state index < -0.39 is 22.2 Å². The van der Waals surface area contributed by atoms with Gasteiger partial charge in [0.2, 0.25) is 21.8 Å². The monoisotopic (exact) mass is 548 g/mol. The fraction of sp³-hybridized carbons (Fsp3) is 0.577. The van der Waals surface area contributed by atoms with Crippen LogP contribution in [0.15, 0.2) is 27.6 Å². The first-order valence-corrected chi connectivity index (χ1v) is 14.3. The molecule has 11 nitrogen and oxygen atoms in total. The molecule has 1 saturated carbocycles.